The van der Waals surface area contributed by atoms with Gasteiger partial charge < -0.3 is 15.2 Å². The summed E-state index contributed by atoms with van der Waals surface area (Å²) in [4.78, 5) is 23.5. The standard InChI is InChI=1S/C19H20N2O5/c1-2-4-13-5-3-6-16(22)17(13)19(24)20-11-12-26-15-9-7-14(8-10-15)18(23)21-25/h2-10,22,25H,11-12H2,1H3,(H,20,24)(H,21,23). The van der Waals surface area contributed by atoms with Crippen LogP contribution in [0.3, 0.4) is 0 Å². The maximum Gasteiger partial charge on any atom is 0.274 e. The fourth-order valence-electron chi connectivity index (χ4n) is 2.31. The largest absolute Gasteiger partial charge is 0.507 e. The minimum absolute atomic E-state index is 0.0863. The molecule has 0 unspecified atom stereocenters. The number of aromatic hydroxyl groups is 1. The lowest BCUT2D eigenvalue weighted by Crippen LogP contribution is -2.28. The molecule has 0 radical (unpaired) electrons. The molecule has 7 heteroatoms. The van der Waals surface area contributed by atoms with E-state index in [1.807, 2.05) is 6.92 Å². The van der Waals surface area contributed by atoms with E-state index in [1.54, 1.807) is 41.9 Å². The highest BCUT2D eigenvalue weighted by atomic mass is 16.5. The van der Waals surface area contributed by atoms with Crippen LogP contribution in [0.25, 0.3) is 6.08 Å². The van der Waals surface area contributed by atoms with Gasteiger partial charge in [-0.25, -0.2) is 5.48 Å². The predicted molar refractivity (Wildman–Crippen MR) is 96.3 cm³/mol. The van der Waals surface area contributed by atoms with Crippen molar-refractivity contribution < 1.29 is 24.6 Å². The highest BCUT2D eigenvalue weighted by molar-refractivity contribution is 6.00. The van der Waals surface area contributed by atoms with Gasteiger partial charge in [0, 0.05) is 5.56 Å². The summed E-state index contributed by atoms with van der Waals surface area (Å²) < 4.78 is 5.48. The Morgan fingerprint density at radius 2 is 1.85 bits per heavy atom. The molecule has 0 fully saturated rings. The third-order valence-corrected chi connectivity index (χ3v) is 3.52. The lowest BCUT2D eigenvalue weighted by molar-refractivity contribution is 0.0706. The Bertz CT molecular complexity index is 800. The van der Waals surface area contributed by atoms with Crippen LogP contribution < -0.4 is 15.5 Å². The van der Waals surface area contributed by atoms with Crippen molar-refractivity contribution in [2.24, 2.45) is 0 Å². The van der Waals surface area contributed by atoms with Crippen LogP contribution in [-0.4, -0.2) is 35.3 Å². The van der Waals surface area contributed by atoms with Gasteiger partial charge >= 0.3 is 0 Å². The van der Waals surface area contributed by atoms with Gasteiger partial charge in [-0.1, -0.05) is 24.3 Å². The number of nitrogens with one attached hydrogen (secondary N) is 2. The van der Waals surface area contributed by atoms with Crippen molar-refractivity contribution in [3.05, 3.63) is 65.2 Å². The summed E-state index contributed by atoms with van der Waals surface area (Å²) in [7, 11) is 0. The number of rotatable bonds is 7. The predicted octanol–water partition coefficient (Wildman–Crippen LogP) is 2.35. The molecule has 0 aliphatic rings. The molecular formula is C19H20N2O5. The molecule has 0 aromatic heterocycles. The number of carbonyl (C=O) groups is 2. The van der Waals surface area contributed by atoms with Crippen LogP contribution in [0.1, 0.15) is 33.2 Å². The number of hydrogen-bond acceptors (Lipinski definition) is 5. The van der Waals surface area contributed by atoms with Gasteiger partial charge in [-0.05, 0) is 42.8 Å². The molecule has 7 nitrogen and oxygen atoms in total. The van der Waals surface area contributed by atoms with Crippen molar-refractivity contribution in [1.29, 1.82) is 0 Å². The first-order valence-electron chi connectivity index (χ1n) is 7.97. The van der Waals surface area contributed by atoms with Crippen LogP contribution in [0.2, 0.25) is 0 Å². The number of phenols is 1. The van der Waals surface area contributed by atoms with Crippen molar-refractivity contribution >= 4 is 17.9 Å². The summed E-state index contributed by atoms with van der Waals surface area (Å²) >= 11 is 0. The molecule has 2 aromatic carbocycles. The van der Waals surface area contributed by atoms with Crippen LogP contribution in [0.15, 0.2) is 48.5 Å². The van der Waals surface area contributed by atoms with E-state index in [2.05, 4.69) is 5.32 Å². The van der Waals surface area contributed by atoms with Crippen LogP contribution in [-0.2, 0) is 0 Å². The van der Waals surface area contributed by atoms with E-state index in [-0.39, 0.29) is 24.5 Å². The number of benzene rings is 2. The van der Waals surface area contributed by atoms with E-state index in [9.17, 15) is 14.7 Å². The molecule has 4 N–H and O–H groups in total. The third-order valence-electron chi connectivity index (χ3n) is 3.52. The summed E-state index contributed by atoms with van der Waals surface area (Å²) in [5.74, 6) is -0.569. The number of hydrogen-bond donors (Lipinski definition) is 4. The SMILES string of the molecule is CC=Cc1cccc(O)c1C(=O)NCCOc1ccc(C(=O)NO)cc1. The van der Waals surface area contributed by atoms with Crippen molar-refractivity contribution in [1.82, 2.24) is 10.8 Å². The minimum atomic E-state index is -0.608. The van der Waals surface area contributed by atoms with Gasteiger partial charge in [0.05, 0.1) is 12.1 Å². The highest BCUT2D eigenvalue weighted by Gasteiger charge is 2.14. The first kappa shape index (κ1) is 19.0. The zero-order valence-electron chi connectivity index (χ0n) is 14.2. The number of phenolic OH excluding ortho intramolecular Hbond substituents is 1. The van der Waals surface area contributed by atoms with E-state index in [1.165, 1.54) is 18.2 Å². The lowest BCUT2D eigenvalue weighted by Gasteiger charge is -2.11. The average molecular weight is 356 g/mol. The van der Waals surface area contributed by atoms with Crippen molar-refractivity contribution in [2.75, 3.05) is 13.2 Å². The maximum absolute atomic E-state index is 12.3. The number of ether oxygens (including phenoxy) is 1. The highest BCUT2D eigenvalue weighted by Crippen LogP contribution is 2.22. The van der Waals surface area contributed by atoms with Crippen LogP contribution in [0.5, 0.6) is 11.5 Å². The topological polar surface area (TPSA) is 108 Å². The summed E-state index contributed by atoms with van der Waals surface area (Å²) in [6.45, 7) is 2.28. The summed E-state index contributed by atoms with van der Waals surface area (Å²) in [6.07, 6.45) is 3.53. The van der Waals surface area contributed by atoms with Crippen LogP contribution >= 0.6 is 0 Å². The molecule has 0 saturated heterocycles. The van der Waals surface area contributed by atoms with Crippen LogP contribution in [0.4, 0.5) is 0 Å². The molecule has 0 atom stereocenters. The second-order valence-electron chi connectivity index (χ2n) is 5.31. The van der Waals surface area contributed by atoms with E-state index in [4.69, 9.17) is 9.94 Å². The average Bonchev–Trinajstić information content (AvgIpc) is 2.65. The Morgan fingerprint density at radius 3 is 2.50 bits per heavy atom. The Morgan fingerprint density at radius 1 is 1.12 bits per heavy atom. The Labute approximate surface area is 150 Å². The van der Waals surface area contributed by atoms with Gasteiger partial charge in [-0.15, -0.1) is 0 Å². The molecule has 0 saturated carbocycles. The molecule has 2 aromatic rings. The smallest absolute Gasteiger partial charge is 0.274 e. The quantitative estimate of drug-likeness (QED) is 0.346. The Balaban J connectivity index is 1.88. The molecule has 2 rings (SSSR count). The third kappa shape index (κ3) is 4.84. The molecule has 0 aliphatic heterocycles. The van der Waals surface area contributed by atoms with Gasteiger partial charge in [0.25, 0.3) is 11.8 Å². The first-order chi connectivity index (χ1) is 12.6. The zero-order valence-corrected chi connectivity index (χ0v) is 14.2. The molecule has 0 heterocycles. The maximum atomic E-state index is 12.3. The van der Waals surface area contributed by atoms with Crippen molar-refractivity contribution in [3.63, 3.8) is 0 Å². The normalized spacial score (nSPS) is 10.5. The van der Waals surface area contributed by atoms with Crippen molar-refractivity contribution in [3.8, 4) is 11.5 Å². The van der Waals surface area contributed by atoms with Gasteiger partial charge in [0.15, 0.2) is 0 Å². The van der Waals surface area contributed by atoms with Gasteiger partial charge in [0.1, 0.15) is 18.1 Å². The fourth-order valence-corrected chi connectivity index (χ4v) is 2.31. The van der Waals surface area contributed by atoms with E-state index in [0.717, 1.165) is 0 Å². The zero-order chi connectivity index (χ0) is 18.9. The van der Waals surface area contributed by atoms with Gasteiger partial charge in [-0.2, -0.15) is 0 Å². The van der Waals surface area contributed by atoms with E-state index >= 15 is 0 Å². The number of hydroxylamine groups is 1. The Hall–Kier alpha value is -3.32. The second kappa shape index (κ2) is 9.24. The lowest BCUT2D eigenvalue weighted by atomic mass is 10.1. The minimum Gasteiger partial charge on any atom is -0.507 e. The molecule has 2 amide bonds. The monoisotopic (exact) mass is 356 g/mol. The summed E-state index contributed by atoms with van der Waals surface area (Å²) in [6, 6.07) is 11.1. The number of amides is 2. The fraction of sp³-hybridized carbons (Fsp3) is 0.158. The molecule has 0 bridgehead atoms. The van der Waals surface area contributed by atoms with Crippen LogP contribution in [0, 0.1) is 0 Å². The molecule has 0 aliphatic carbocycles. The summed E-state index contributed by atoms with van der Waals surface area (Å²) in [5.41, 5.74) is 2.68. The molecule has 136 valence electrons. The first-order valence-corrected chi connectivity index (χ1v) is 7.97. The van der Waals surface area contributed by atoms with Gasteiger partial charge in [-0.3, -0.25) is 14.8 Å². The number of allylic oxidation sites excluding steroid dienone is 1. The molecule has 0 spiro atoms. The van der Waals surface area contributed by atoms with E-state index < -0.39 is 11.8 Å². The van der Waals surface area contributed by atoms with Crippen molar-refractivity contribution in [2.45, 2.75) is 6.92 Å². The second-order valence-corrected chi connectivity index (χ2v) is 5.31. The van der Waals surface area contributed by atoms with E-state index in [0.29, 0.717) is 16.9 Å². The Kier molecular flexibility index (Phi) is 6.75. The molecule has 26 heavy (non-hydrogen) atoms. The van der Waals surface area contributed by atoms with Gasteiger partial charge in [0.2, 0.25) is 0 Å². The molecular weight excluding hydrogens is 336 g/mol. The number of carbonyl (C=O) groups excluding carboxylic acids is 2. The summed E-state index contributed by atoms with van der Waals surface area (Å²) in [5, 5.41) is 21.2.